The number of hydrogen-bond acceptors (Lipinski definition) is 5. The highest BCUT2D eigenvalue weighted by atomic mass is 16.5. The summed E-state index contributed by atoms with van der Waals surface area (Å²) in [5.41, 5.74) is 1.15. The van der Waals surface area contributed by atoms with Crippen molar-refractivity contribution in [2.45, 2.75) is 57.0 Å². The summed E-state index contributed by atoms with van der Waals surface area (Å²) in [6.45, 7) is 1.12. The van der Waals surface area contributed by atoms with E-state index in [1.807, 2.05) is 18.2 Å². The van der Waals surface area contributed by atoms with Gasteiger partial charge in [-0.2, -0.15) is 5.26 Å². The largest absolute Gasteiger partial charge is 0.496 e. The van der Waals surface area contributed by atoms with Crippen LogP contribution in [-0.2, 0) is 9.59 Å². The van der Waals surface area contributed by atoms with Gasteiger partial charge in [-0.05, 0) is 55.7 Å². The van der Waals surface area contributed by atoms with Gasteiger partial charge in [0.25, 0.3) is 5.91 Å². The molecule has 3 amide bonds. The molecule has 1 aliphatic carbocycles. The number of nitrogens with one attached hydrogen (secondary N) is 3. The first kappa shape index (κ1) is 23.2. The van der Waals surface area contributed by atoms with Crippen molar-refractivity contribution in [1.29, 1.82) is 5.26 Å². The number of carbonyl (C=O) groups is 3. The van der Waals surface area contributed by atoms with Crippen LogP contribution in [0.15, 0.2) is 24.3 Å². The fourth-order valence-electron chi connectivity index (χ4n) is 6.13. The quantitative estimate of drug-likeness (QED) is 0.589. The third kappa shape index (κ3) is 4.33. The molecule has 1 aromatic carbocycles. The summed E-state index contributed by atoms with van der Waals surface area (Å²) in [5.74, 6) is -0.217. The van der Waals surface area contributed by atoms with Crippen LogP contribution >= 0.6 is 0 Å². The minimum atomic E-state index is -0.772. The van der Waals surface area contributed by atoms with E-state index in [0.29, 0.717) is 37.4 Å². The maximum Gasteiger partial charge on any atom is 0.271 e. The van der Waals surface area contributed by atoms with Gasteiger partial charge in [-0.1, -0.05) is 18.9 Å². The minimum absolute atomic E-state index is 0.0607. The Morgan fingerprint density at radius 3 is 2.83 bits per heavy atom. The number of fused-ring (bicyclic) bond motifs is 1. The summed E-state index contributed by atoms with van der Waals surface area (Å²) in [4.78, 5) is 44.0. The predicted octanol–water partition coefficient (Wildman–Crippen LogP) is 2.49. The van der Waals surface area contributed by atoms with E-state index >= 15 is 0 Å². The summed E-state index contributed by atoms with van der Waals surface area (Å²) in [6, 6.07) is 8.08. The molecule has 3 fully saturated rings. The van der Waals surface area contributed by atoms with Gasteiger partial charge < -0.3 is 25.3 Å². The molecule has 5 rings (SSSR count). The Labute approximate surface area is 204 Å². The van der Waals surface area contributed by atoms with Gasteiger partial charge in [-0.15, -0.1) is 0 Å². The normalized spacial score (nSPS) is 23.9. The molecule has 3 unspecified atom stereocenters. The first-order valence-electron chi connectivity index (χ1n) is 12.4. The molecule has 1 saturated carbocycles. The molecule has 2 aromatic rings. The highest BCUT2D eigenvalue weighted by Gasteiger charge is 2.50. The van der Waals surface area contributed by atoms with Crippen molar-refractivity contribution in [1.82, 2.24) is 20.5 Å². The van der Waals surface area contributed by atoms with Crippen molar-refractivity contribution in [2.75, 3.05) is 20.2 Å². The Bertz CT molecular complexity index is 1190. The minimum Gasteiger partial charge on any atom is -0.496 e. The molecule has 2 saturated heterocycles. The topological polar surface area (TPSA) is 127 Å². The van der Waals surface area contributed by atoms with Crippen LogP contribution in [-0.4, -0.2) is 59.9 Å². The smallest absolute Gasteiger partial charge is 0.271 e. The van der Waals surface area contributed by atoms with Crippen LogP contribution in [0.2, 0.25) is 0 Å². The van der Waals surface area contributed by atoms with E-state index in [1.165, 1.54) is 0 Å². The summed E-state index contributed by atoms with van der Waals surface area (Å²) in [5, 5.41) is 16.1. The summed E-state index contributed by atoms with van der Waals surface area (Å²) < 4.78 is 5.43. The van der Waals surface area contributed by atoms with E-state index in [2.05, 4.69) is 21.7 Å². The number of rotatable bonds is 6. The molecule has 3 aliphatic rings. The van der Waals surface area contributed by atoms with Crippen molar-refractivity contribution >= 4 is 28.6 Å². The molecule has 1 spiro atoms. The fourth-order valence-corrected chi connectivity index (χ4v) is 6.13. The van der Waals surface area contributed by atoms with E-state index in [4.69, 9.17) is 4.74 Å². The number of ether oxygens (including phenoxy) is 1. The maximum absolute atomic E-state index is 13.7. The number of aromatic amines is 1. The number of hydrogen-bond donors (Lipinski definition) is 3. The van der Waals surface area contributed by atoms with Gasteiger partial charge in [0.1, 0.15) is 23.5 Å². The van der Waals surface area contributed by atoms with Gasteiger partial charge in [0, 0.05) is 29.9 Å². The van der Waals surface area contributed by atoms with Gasteiger partial charge in [0.05, 0.1) is 13.2 Å². The molecule has 3 atom stereocenters. The highest BCUT2D eigenvalue weighted by Crippen LogP contribution is 2.48. The predicted molar refractivity (Wildman–Crippen MR) is 128 cm³/mol. The molecule has 9 heteroatoms. The van der Waals surface area contributed by atoms with Crippen molar-refractivity contribution in [3.05, 3.63) is 30.0 Å². The van der Waals surface area contributed by atoms with Crippen molar-refractivity contribution in [3.8, 4) is 11.8 Å². The van der Waals surface area contributed by atoms with E-state index in [0.717, 1.165) is 36.6 Å². The number of benzene rings is 1. The fraction of sp³-hybridized carbons (Fsp3) is 0.538. The Kier molecular flexibility index (Phi) is 6.13. The molecule has 3 heterocycles. The maximum atomic E-state index is 13.7. The molecule has 1 aromatic heterocycles. The van der Waals surface area contributed by atoms with Gasteiger partial charge in [-0.25, -0.2) is 0 Å². The third-order valence-electron chi connectivity index (χ3n) is 7.97. The average molecular weight is 478 g/mol. The first-order chi connectivity index (χ1) is 16.9. The summed E-state index contributed by atoms with van der Waals surface area (Å²) >= 11 is 0. The molecule has 2 aliphatic heterocycles. The number of likely N-dealkylation sites (tertiary alicyclic amines) is 1. The van der Waals surface area contributed by atoms with Crippen LogP contribution in [0.3, 0.4) is 0 Å². The Balaban J connectivity index is 1.38. The summed E-state index contributed by atoms with van der Waals surface area (Å²) in [6.07, 6.45) is 5.71. The van der Waals surface area contributed by atoms with E-state index in [1.54, 1.807) is 18.1 Å². The average Bonchev–Trinajstić information content (AvgIpc) is 3.65. The number of nitriles is 1. The SMILES string of the molecule is COc1cccc2[nH]c(C(=O)N3CC4(CCCC4)CC3C(=O)NC(C#N)CC3CCNC3=O)cc12. The van der Waals surface area contributed by atoms with Gasteiger partial charge >= 0.3 is 0 Å². The van der Waals surface area contributed by atoms with Crippen molar-refractivity contribution in [3.63, 3.8) is 0 Å². The van der Waals surface area contributed by atoms with Crippen LogP contribution in [0.5, 0.6) is 5.75 Å². The van der Waals surface area contributed by atoms with Gasteiger partial charge in [0.2, 0.25) is 11.8 Å². The molecular weight excluding hydrogens is 446 g/mol. The van der Waals surface area contributed by atoms with Crippen LogP contribution < -0.4 is 15.4 Å². The lowest BCUT2D eigenvalue weighted by molar-refractivity contribution is -0.126. The second-order valence-corrected chi connectivity index (χ2v) is 10.2. The second kappa shape index (κ2) is 9.25. The molecule has 184 valence electrons. The molecule has 0 radical (unpaired) electrons. The molecule has 0 bridgehead atoms. The summed E-state index contributed by atoms with van der Waals surface area (Å²) in [7, 11) is 1.59. The Hall–Kier alpha value is -3.54. The zero-order chi connectivity index (χ0) is 24.6. The standard InChI is InChI=1S/C26H31N5O4/c1-35-22-6-4-5-19-18(22)12-20(30-19)25(34)31-15-26(8-2-3-9-26)13-21(31)24(33)29-17(14-27)11-16-7-10-28-23(16)32/h4-6,12,16-17,21,30H,2-3,7-11,13,15H2,1H3,(H,28,32)(H,29,33). The van der Waals surface area contributed by atoms with Gasteiger partial charge in [-0.3, -0.25) is 14.4 Å². The number of carbonyl (C=O) groups excluding carboxylic acids is 3. The first-order valence-corrected chi connectivity index (χ1v) is 12.4. The number of H-pyrrole nitrogens is 1. The number of aromatic nitrogens is 1. The van der Waals surface area contributed by atoms with Crippen LogP contribution in [0.4, 0.5) is 0 Å². The second-order valence-electron chi connectivity index (χ2n) is 10.2. The zero-order valence-electron chi connectivity index (χ0n) is 19.9. The van der Waals surface area contributed by atoms with Crippen LogP contribution in [0.25, 0.3) is 10.9 Å². The molecule has 35 heavy (non-hydrogen) atoms. The molecule has 3 N–H and O–H groups in total. The molecular formula is C26H31N5O4. The number of nitrogens with zero attached hydrogens (tertiary/aromatic N) is 2. The molecule has 9 nitrogen and oxygen atoms in total. The number of amides is 3. The lowest BCUT2D eigenvalue weighted by Crippen LogP contribution is -2.49. The van der Waals surface area contributed by atoms with E-state index in [-0.39, 0.29) is 35.5 Å². The van der Waals surface area contributed by atoms with Crippen LogP contribution in [0, 0.1) is 22.7 Å². The zero-order valence-corrected chi connectivity index (χ0v) is 19.9. The lowest BCUT2D eigenvalue weighted by atomic mass is 9.84. The third-order valence-corrected chi connectivity index (χ3v) is 7.97. The van der Waals surface area contributed by atoms with E-state index < -0.39 is 12.1 Å². The van der Waals surface area contributed by atoms with Gasteiger partial charge in [0.15, 0.2) is 0 Å². The van der Waals surface area contributed by atoms with Crippen LogP contribution in [0.1, 0.15) is 55.4 Å². The Morgan fingerprint density at radius 2 is 2.14 bits per heavy atom. The lowest BCUT2D eigenvalue weighted by Gasteiger charge is -2.25. The highest BCUT2D eigenvalue weighted by molar-refractivity contribution is 6.02. The number of methoxy groups -OCH3 is 1. The van der Waals surface area contributed by atoms with Crippen molar-refractivity contribution in [2.24, 2.45) is 11.3 Å². The Morgan fingerprint density at radius 1 is 1.34 bits per heavy atom. The van der Waals surface area contributed by atoms with Crippen molar-refractivity contribution < 1.29 is 19.1 Å². The van der Waals surface area contributed by atoms with E-state index in [9.17, 15) is 19.6 Å². The monoisotopic (exact) mass is 477 g/mol.